The van der Waals surface area contributed by atoms with Crippen molar-refractivity contribution in [1.29, 1.82) is 0 Å². The highest BCUT2D eigenvalue weighted by molar-refractivity contribution is 5.76. The highest BCUT2D eigenvalue weighted by Gasteiger charge is 2.20. The van der Waals surface area contributed by atoms with Crippen molar-refractivity contribution in [3.63, 3.8) is 0 Å². The molecule has 0 amide bonds. The molecule has 0 fully saturated rings. The van der Waals surface area contributed by atoms with Gasteiger partial charge in [0.2, 0.25) is 0 Å². The van der Waals surface area contributed by atoms with E-state index in [0.29, 0.717) is 6.42 Å². The van der Waals surface area contributed by atoms with Crippen LogP contribution < -0.4 is 4.74 Å². The summed E-state index contributed by atoms with van der Waals surface area (Å²) in [5.74, 6) is -0.395. The molecule has 88 valence electrons. The highest BCUT2D eigenvalue weighted by Crippen LogP contribution is 2.27. The van der Waals surface area contributed by atoms with Gasteiger partial charge in [-0.15, -0.1) is 0 Å². The first-order valence-corrected chi connectivity index (χ1v) is 5.47. The van der Waals surface area contributed by atoms with Crippen LogP contribution in [0.1, 0.15) is 36.8 Å². The smallest absolute Gasteiger partial charge is 0.310 e. The van der Waals surface area contributed by atoms with E-state index in [1.807, 2.05) is 32.0 Å². The Morgan fingerprint density at radius 2 is 2.19 bits per heavy atom. The summed E-state index contributed by atoms with van der Waals surface area (Å²) in [6.07, 6.45) is 1.53. The minimum Gasteiger partial charge on any atom is -0.497 e. The maximum Gasteiger partial charge on any atom is 0.310 e. The molecular formula is C13H18O3. The van der Waals surface area contributed by atoms with E-state index in [9.17, 15) is 9.90 Å². The molecule has 1 atom stereocenters. The predicted octanol–water partition coefficient (Wildman–Crippen LogP) is 2.97. The first-order valence-electron chi connectivity index (χ1n) is 5.47. The van der Waals surface area contributed by atoms with Crippen LogP contribution in [0.25, 0.3) is 0 Å². The lowest BCUT2D eigenvalue weighted by Gasteiger charge is -2.15. The maximum absolute atomic E-state index is 11.2. The molecule has 0 radical (unpaired) electrons. The third-order valence-corrected chi connectivity index (χ3v) is 2.73. The highest BCUT2D eigenvalue weighted by atomic mass is 16.5. The van der Waals surface area contributed by atoms with Gasteiger partial charge < -0.3 is 9.84 Å². The fourth-order valence-electron chi connectivity index (χ4n) is 1.87. The number of methoxy groups -OCH3 is 1. The lowest BCUT2D eigenvalue weighted by atomic mass is 9.91. The Morgan fingerprint density at radius 1 is 1.50 bits per heavy atom. The van der Waals surface area contributed by atoms with Crippen LogP contribution in [0.4, 0.5) is 0 Å². The van der Waals surface area contributed by atoms with Crippen LogP contribution in [-0.2, 0) is 4.79 Å². The van der Waals surface area contributed by atoms with Crippen molar-refractivity contribution in [3.8, 4) is 5.75 Å². The van der Waals surface area contributed by atoms with Gasteiger partial charge in [0.1, 0.15) is 5.75 Å². The molecule has 1 rings (SSSR count). The molecule has 16 heavy (non-hydrogen) atoms. The van der Waals surface area contributed by atoms with E-state index in [-0.39, 0.29) is 0 Å². The van der Waals surface area contributed by atoms with E-state index in [1.54, 1.807) is 7.11 Å². The molecule has 0 aliphatic heterocycles. The minimum atomic E-state index is -0.755. The van der Waals surface area contributed by atoms with Gasteiger partial charge >= 0.3 is 5.97 Å². The van der Waals surface area contributed by atoms with Crippen molar-refractivity contribution >= 4 is 5.97 Å². The number of carboxylic acid groups (broad SMARTS) is 1. The topological polar surface area (TPSA) is 46.5 Å². The molecule has 0 heterocycles. The second-order valence-corrected chi connectivity index (χ2v) is 3.90. The van der Waals surface area contributed by atoms with E-state index in [2.05, 4.69) is 0 Å². The molecule has 0 saturated heterocycles. The quantitative estimate of drug-likeness (QED) is 0.833. The van der Waals surface area contributed by atoms with Gasteiger partial charge in [0.25, 0.3) is 0 Å². The lowest BCUT2D eigenvalue weighted by Crippen LogP contribution is -2.12. The van der Waals surface area contributed by atoms with Gasteiger partial charge in [-0.2, -0.15) is 0 Å². The monoisotopic (exact) mass is 222 g/mol. The summed E-state index contributed by atoms with van der Waals surface area (Å²) in [5, 5.41) is 9.18. The van der Waals surface area contributed by atoms with Gasteiger partial charge in [-0.25, -0.2) is 0 Å². The Kier molecular flexibility index (Phi) is 4.35. The fraction of sp³-hybridized carbons (Fsp3) is 0.462. The summed E-state index contributed by atoms with van der Waals surface area (Å²) in [6, 6.07) is 5.54. The Bertz CT molecular complexity index is 371. The summed E-state index contributed by atoms with van der Waals surface area (Å²) in [4.78, 5) is 11.2. The van der Waals surface area contributed by atoms with Crippen LogP contribution in [-0.4, -0.2) is 18.2 Å². The molecule has 0 aliphatic rings. The summed E-state index contributed by atoms with van der Waals surface area (Å²) in [6.45, 7) is 3.91. The lowest BCUT2D eigenvalue weighted by molar-refractivity contribution is -0.139. The summed E-state index contributed by atoms with van der Waals surface area (Å²) in [5.41, 5.74) is 1.86. The Morgan fingerprint density at radius 3 is 2.62 bits per heavy atom. The average Bonchev–Trinajstić information content (AvgIpc) is 2.26. The molecular weight excluding hydrogens is 204 g/mol. The second-order valence-electron chi connectivity index (χ2n) is 3.90. The molecule has 0 spiro atoms. The molecule has 1 aromatic rings. The van der Waals surface area contributed by atoms with E-state index in [1.165, 1.54) is 0 Å². The first kappa shape index (κ1) is 12.6. The van der Waals surface area contributed by atoms with Crippen LogP contribution in [0, 0.1) is 6.92 Å². The maximum atomic E-state index is 11.2. The molecule has 3 nitrogen and oxygen atoms in total. The van der Waals surface area contributed by atoms with Crippen LogP contribution in [0.5, 0.6) is 5.75 Å². The Balaban J connectivity index is 3.05. The number of hydrogen-bond donors (Lipinski definition) is 1. The van der Waals surface area contributed by atoms with Gasteiger partial charge in [-0.05, 0) is 36.6 Å². The fourth-order valence-corrected chi connectivity index (χ4v) is 1.87. The van der Waals surface area contributed by atoms with E-state index < -0.39 is 11.9 Å². The largest absolute Gasteiger partial charge is 0.497 e. The van der Waals surface area contributed by atoms with Crippen LogP contribution in [0.15, 0.2) is 18.2 Å². The van der Waals surface area contributed by atoms with Crippen molar-refractivity contribution in [3.05, 3.63) is 29.3 Å². The van der Waals surface area contributed by atoms with Crippen LogP contribution in [0.2, 0.25) is 0 Å². The molecule has 1 N–H and O–H groups in total. The number of carbonyl (C=O) groups is 1. The molecule has 0 bridgehead atoms. The molecule has 1 unspecified atom stereocenters. The van der Waals surface area contributed by atoms with Gasteiger partial charge in [-0.1, -0.05) is 19.4 Å². The van der Waals surface area contributed by atoms with Gasteiger partial charge in [0.05, 0.1) is 13.0 Å². The minimum absolute atomic E-state index is 0.407. The van der Waals surface area contributed by atoms with Crippen molar-refractivity contribution < 1.29 is 14.6 Å². The normalized spacial score (nSPS) is 12.2. The molecule has 0 aliphatic carbocycles. The predicted molar refractivity (Wildman–Crippen MR) is 63.0 cm³/mol. The van der Waals surface area contributed by atoms with Crippen molar-refractivity contribution in [1.82, 2.24) is 0 Å². The molecule has 0 aromatic heterocycles. The van der Waals surface area contributed by atoms with Crippen LogP contribution >= 0.6 is 0 Å². The van der Waals surface area contributed by atoms with Gasteiger partial charge in [-0.3, -0.25) is 4.79 Å². The van der Waals surface area contributed by atoms with Crippen LogP contribution in [0.3, 0.4) is 0 Å². The molecule has 0 saturated carbocycles. The average molecular weight is 222 g/mol. The van der Waals surface area contributed by atoms with Gasteiger partial charge in [0, 0.05) is 0 Å². The first-order chi connectivity index (χ1) is 7.60. The van der Waals surface area contributed by atoms with E-state index >= 15 is 0 Å². The zero-order chi connectivity index (χ0) is 12.1. The van der Waals surface area contributed by atoms with Gasteiger partial charge in [0.15, 0.2) is 0 Å². The zero-order valence-corrected chi connectivity index (χ0v) is 9.99. The third-order valence-electron chi connectivity index (χ3n) is 2.73. The number of aryl methyl sites for hydroxylation is 1. The SMILES string of the molecule is CCCC(C(=O)O)c1ccc(OC)cc1C. The Hall–Kier alpha value is -1.51. The third kappa shape index (κ3) is 2.75. The van der Waals surface area contributed by atoms with E-state index in [4.69, 9.17) is 4.74 Å². The molecule has 3 heteroatoms. The summed E-state index contributed by atoms with van der Waals surface area (Å²) < 4.78 is 5.10. The summed E-state index contributed by atoms with van der Waals surface area (Å²) >= 11 is 0. The Labute approximate surface area is 96.1 Å². The van der Waals surface area contributed by atoms with Crippen molar-refractivity contribution in [2.75, 3.05) is 7.11 Å². The second kappa shape index (κ2) is 5.54. The number of benzene rings is 1. The standard InChI is InChI=1S/C13H18O3/c1-4-5-12(13(14)15)11-7-6-10(16-3)8-9(11)2/h6-8,12H,4-5H2,1-3H3,(H,14,15). The van der Waals surface area contributed by atoms with E-state index in [0.717, 1.165) is 23.3 Å². The van der Waals surface area contributed by atoms with Crippen molar-refractivity contribution in [2.24, 2.45) is 0 Å². The number of carboxylic acids is 1. The zero-order valence-electron chi connectivity index (χ0n) is 9.99. The molecule has 1 aromatic carbocycles. The number of aliphatic carboxylic acids is 1. The van der Waals surface area contributed by atoms with Crippen molar-refractivity contribution in [2.45, 2.75) is 32.6 Å². The summed E-state index contributed by atoms with van der Waals surface area (Å²) in [7, 11) is 1.61. The number of rotatable bonds is 5. The number of ether oxygens (including phenoxy) is 1. The number of hydrogen-bond acceptors (Lipinski definition) is 2.